The van der Waals surface area contributed by atoms with Crippen molar-refractivity contribution < 1.29 is 4.74 Å². The number of ether oxygens (including phenoxy) is 1. The molecule has 0 saturated carbocycles. The van der Waals surface area contributed by atoms with Crippen LogP contribution in [0.4, 0.5) is 5.69 Å². The van der Waals surface area contributed by atoms with Crippen LogP contribution in [0.1, 0.15) is 19.8 Å². The standard InChI is InChI=1S/C13H21N3O/c1-10-8-12(5-7-16(10)2)15-11-4-6-14-13(9-11)17-3/h4,6,9-10,12H,5,7-8H2,1-3H3,(H,14,15). The zero-order valence-electron chi connectivity index (χ0n) is 10.8. The minimum Gasteiger partial charge on any atom is -0.481 e. The number of aromatic nitrogens is 1. The molecule has 4 nitrogen and oxygen atoms in total. The van der Waals surface area contributed by atoms with Gasteiger partial charge in [-0.15, -0.1) is 0 Å². The predicted octanol–water partition coefficient (Wildman–Crippen LogP) is 1.98. The summed E-state index contributed by atoms with van der Waals surface area (Å²) in [5.74, 6) is 0.663. The number of likely N-dealkylation sites (tertiary alicyclic amines) is 1. The Morgan fingerprint density at radius 1 is 1.53 bits per heavy atom. The van der Waals surface area contributed by atoms with Gasteiger partial charge >= 0.3 is 0 Å². The van der Waals surface area contributed by atoms with Gasteiger partial charge in [0.1, 0.15) is 0 Å². The largest absolute Gasteiger partial charge is 0.481 e. The molecule has 0 bridgehead atoms. The summed E-state index contributed by atoms with van der Waals surface area (Å²) in [4.78, 5) is 6.52. The monoisotopic (exact) mass is 235 g/mol. The second-order valence-corrected chi connectivity index (χ2v) is 4.78. The summed E-state index contributed by atoms with van der Waals surface area (Å²) in [5, 5.41) is 3.56. The molecular formula is C13H21N3O. The summed E-state index contributed by atoms with van der Waals surface area (Å²) < 4.78 is 5.12. The molecule has 1 aromatic rings. The molecule has 0 spiro atoms. The van der Waals surface area contributed by atoms with Crippen molar-refractivity contribution in [3.8, 4) is 5.88 Å². The van der Waals surface area contributed by atoms with E-state index in [-0.39, 0.29) is 0 Å². The van der Waals surface area contributed by atoms with Gasteiger partial charge in [-0.25, -0.2) is 4.98 Å². The van der Waals surface area contributed by atoms with Crippen molar-refractivity contribution in [2.75, 3.05) is 26.0 Å². The number of nitrogens with one attached hydrogen (secondary N) is 1. The fourth-order valence-corrected chi connectivity index (χ4v) is 2.27. The first-order valence-corrected chi connectivity index (χ1v) is 6.16. The van der Waals surface area contributed by atoms with Crippen LogP contribution in [-0.2, 0) is 0 Å². The minimum absolute atomic E-state index is 0.549. The average molecular weight is 235 g/mol. The van der Waals surface area contributed by atoms with E-state index in [1.807, 2.05) is 12.1 Å². The maximum atomic E-state index is 5.12. The fraction of sp³-hybridized carbons (Fsp3) is 0.615. The van der Waals surface area contributed by atoms with Crippen LogP contribution in [0.15, 0.2) is 18.3 Å². The molecule has 2 rings (SSSR count). The summed E-state index contributed by atoms with van der Waals surface area (Å²) in [6.45, 7) is 3.43. The van der Waals surface area contributed by atoms with Crippen molar-refractivity contribution >= 4 is 5.69 Å². The number of anilines is 1. The minimum atomic E-state index is 0.549. The average Bonchev–Trinajstić information content (AvgIpc) is 2.34. The zero-order chi connectivity index (χ0) is 12.3. The summed E-state index contributed by atoms with van der Waals surface area (Å²) in [7, 11) is 3.83. The van der Waals surface area contributed by atoms with Crippen LogP contribution in [0, 0.1) is 0 Å². The van der Waals surface area contributed by atoms with Crippen molar-refractivity contribution in [1.29, 1.82) is 0 Å². The Bertz CT molecular complexity index is 369. The van der Waals surface area contributed by atoms with Crippen LogP contribution in [0.25, 0.3) is 0 Å². The van der Waals surface area contributed by atoms with Gasteiger partial charge in [-0.2, -0.15) is 0 Å². The highest BCUT2D eigenvalue weighted by Gasteiger charge is 2.22. The number of piperidine rings is 1. The van der Waals surface area contributed by atoms with E-state index in [0.717, 1.165) is 12.2 Å². The molecule has 2 atom stereocenters. The molecule has 1 fully saturated rings. The van der Waals surface area contributed by atoms with Gasteiger partial charge in [-0.3, -0.25) is 0 Å². The van der Waals surface area contributed by atoms with Gasteiger partial charge in [-0.1, -0.05) is 0 Å². The summed E-state index contributed by atoms with van der Waals surface area (Å²) in [6.07, 6.45) is 4.15. The molecule has 1 aliphatic heterocycles. The van der Waals surface area contributed by atoms with Crippen LogP contribution < -0.4 is 10.1 Å². The molecule has 2 heterocycles. The van der Waals surface area contributed by atoms with Crippen molar-refractivity contribution in [3.63, 3.8) is 0 Å². The highest BCUT2D eigenvalue weighted by atomic mass is 16.5. The molecule has 1 saturated heterocycles. The van der Waals surface area contributed by atoms with Crippen molar-refractivity contribution in [2.45, 2.75) is 31.8 Å². The Morgan fingerprint density at radius 3 is 3.06 bits per heavy atom. The zero-order valence-corrected chi connectivity index (χ0v) is 10.8. The number of hydrogen-bond donors (Lipinski definition) is 1. The maximum absolute atomic E-state index is 5.12. The van der Waals surface area contributed by atoms with Gasteiger partial charge in [0.15, 0.2) is 0 Å². The fourth-order valence-electron chi connectivity index (χ4n) is 2.27. The summed E-state index contributed by atoms with van der Waals surface area (Å²) in [6, 6.07) is 5.13. The molecule has 0 aliphatic carbocycles. The molecule has 0 radical (unpaired) electrons. The SMILES string of the molecule is COc1cc(NC2CCN(C)C(C)C2)ccn1. The van der Waals surface area contributed by atoms with Gasteiger partial charge < -0.3 is 15.0 Å². The molecule has 1 aromatic heterocycles. The van der Waals surface area contributed by atoms with Crippen LogP contribution in [0.2, 0.25) is 0 Å². The van der Waals surface area contributed by atoms with Gasteiger partial charge in [0, 0.05) is 36.6 Å². The Balaban J connectivity index is 1.96. The Kier molecular flexibility index (Phi) is 3.84. The number of hydrogen-bond acceptors (Lipinski definition) is 4. The van der Waals surface area contributed by atoms with E-state index in [2.05, 4.69) is 29.2 Å². The molecule has 1 N–H and O–H groups in total. The molecule has 0 aromatic carbocycles. The predicted molar refractivity (Wildman–Crippen MR) is 69.5 cm³/mol. The molecule has 2 unspecified atom stereocenters. The quantitative estimate of drug-likeness (QED) is 0.869. The first kappa shape index (κ1) is 12.2. The van der Waals surface area contributed by atoms with E-state index >= 15 is 0 Å². The van der Waals surface area contributed by atoms with E-state index in [4.69, 9.17) is 4.74 Å². The Morgan fingerprint density at radius 2 is 2.35 bits per heavy atom. The van der Waals surface area contributed by atoms with Gasteiger partial charge in [0.05, 0.1) is 7.11 Å². The number of methoxy groups -OCH3 is 1. The van der Waals surface area contributed by atoms with Crippen LogP contribution in [0.3, 0.4) is 0 Å². The number of rotatable bonds is 3. The topological polar surface area (TPSA) is 37.4 Å². The van der Waals surface area contributed by atoms with E-state index in [1.165, 1.54) is 12.8 Å². The highest BCUT2D eigenvalue weighted by molar-refractivity contribution is 5.45. The van der Waals surface area contributed by atoms with E-state index in [9.17, 15) is 0 Å². The normalized spacial score (nSPS) is 25.6. The lowest BCUT2D eigenvalue weighted by Gasteiger charge is -2.35. The molecule has 0 amide bonds. The third-order valence-electron chi connectivity index (χ3n) is 3.52. The van der Waals surface area contributed by atoms with Crippen molar-refractivity contribution in [1.82, 2.24) is 9.88 Å². The maximum Gasteiger partial charge on any atom is 0.214 e. The molecule has 17 heavy (non-hydrogen) atoms. The first-order chi connectivity index (χ1) is 8.19. The molecule has 4 heteroatoms. The van der Waals surface area contributed by atoms with E-state index in [1.54, 1.807) is 13.3 Å². The van der Waals surface area contributed by atoms with Gasteiger partial charge in [0.25, 0.3) is 0 Å². The third kappa shape index (κ3) is 3.09. The number of nitrogens with zero attached hydrogens (tertiary/aromatic N) is 2. The first-order valence-electron chi connectivity index (χ1n) is 6.16. The Labute approximate surface area is 103 Å². The lowest BCUT2D eigenvalue weighted by molar-refractivity contribution is 0.190. The van der Waals surface area contributed by atoms with Crippen LogP contribution in [0.5, 0.6) is 5.88 Å². The van der Waals surface area contributed by atoms with Crippen LogP contribution in [-0.4, -0.2) is 42.7 Å². The van der Waals surface area contributed by atoms with E-state index < -0.39 is 0 Å². The summed E-state index contributed by atoms with van der Waals surface area (Å²) in [5.41, 5.74) is 1.10. The lowest BCUT2D eigenvalue weighted by atomic mass is 9.99. The van der Waals surface area contributed by atoms with E-state index in [0.29, 0.717) is 18.0 Å². The van der Waals surface area contributed by atoms with Crippen LogP contribution >= 0.6 is 0 Å². The summed E-state index contributed by atoms with van der Waals surface area (Å²) >= 11 is 0. The van der Waals surface area contributed by atoms with Gasteiger partial charge in [0.2, 0.25) is 5.88 Å². The molecule has 1 aliphatic rings. The highest BCUT2D eigenvalue weighted by Crippen LogP contribution is 2.21. The number of pyridine rings is 1. The third-order valence-corrected chi connectivity index (χ3v) is 3.52. The molecular weight excluding hydrogens is 214 g/mol. The van der Waals surface area contributed by atoms with Gasteiger partial charge in [-0.05, 0) is 32.9 Å². The smallest absolute Gasteiger partial charge is 0.214 e. The molecule has 94 valence electrons. The van der Waals surface area contributed by atoms with Crippen molar-refractivity contribution in [2.24, 2.45) is 0 Å². The van der Waals surface area contributed by atoms with Crippen molar-refractivity contribution in [3.05, 3.63) is 18.3 Å². The second kappa shape index (κ2) is 5.36. The second-order valence-electron chi connectivity index (χ2n) is 4.78. The Hall–Kier alpha value is -1.29. The lowest BCUT2D eigenvalue weighted by Crippen LogP contribution is -2.42.